The molecule has 1 N–H and O–H groups in total. The first-order valence-corrected chi connectivity index (χ1v) is 6.66. The molecule has 1 aromatic carbocycles. The third-order valence-corrected chi connectivity index (χ3v) is 3.69. The number of hydrogen-bond donors (Lipinski definition) is 1. The minimum Gasteiger partial charge on any atom is -0.380 e. The van der Waals surface area contributed by atoms with Crippen LogP contribution in [0.15, 0.2) is 6.07 Å². The van der Waals surface area contributed by atoms with E-state index in [1.807, 2.05) is 0 Å². The maximum absolute atomic E-state index is 13.4. The molecule has 1 aliphatic rings. The number of anilines is 1. The van der Waals surface area contributed by atoms with Crippen molar-refractivity contribution in [2.75, 3.05) is 11.9 Å². The third-order valence-electron chi connectivity index (χ3n) is 3.69. The summed E-state index contributed by atoms with van der Waals surface area (Å²) in [4.78, 5) is 0. The van der Waals surface area contributed by atoms with E-state index in [0.29, 0.717) is 12.5 Å². The average Bonchev–Trinajstić information content (AvgIpc) is 2.42. The van der Waals surface area contributed by atoms with Crippen molar-refractivity contribution in [3.63, 3.8) is 0 Å². The van der Waals surface area contributed by atoms with Crippen LogP contribution in [0.3, 0.4) is 0 Å². The molecule has 19 heavy (non-hydrogen) atoms. The van der Waals surface area contributed by atoms with Crippen LogP contribution in [0.1, 0.15) is 38.5 Å². The van der Waals surface area contributed by atoms with Crippen LogP contribution in [-0.2, 0) is 0 Å². The molecule has 0 amide bonds. The van der Waals surface area contributed by atoms with Gasteiger partial charge in [-0.2, -0.15) is 0 Å². The summed E-state index contributed by atoms with van der Waals surface area (Å²) in [6.07, 6.45) is 6.59. The van der Waals surface area contributed by atoms with Crippen LogP contribution in [0, 0.1) is 29.2 Å². The highest BCUT2D eigenvalue weighted by Gasteiger charge is 2.19. The monoisotopic (exact) mass is 275 g/mol. The van der Waals surface area contributed by atoms with E-state index in [1.165, 1.54) is 19.3 Å². The maximum atomic E-state index is 13.4. The fourth-order valence-corrected chi connectivity index (χ4v) is 2.61. The van der Waals surface area contributed by atoms with E-state index in [-0.39, 0.29) is 6.07 Å². The Kier molecular flexibility index (Phi) is 4.66. The van der Waals surface area contributed by atoms with E-state index >= 15 is 0 Å². The van der Waals surface area contributed by atoms with Crippen molar-refractivity contribution in [2.24, 2.45) is 5.92 Å². The second-order valence-corrected chi connectivity index (χ2v) is 5.06. The lowest BCUT2D eigenvalue weighted by atomic mass is 9.87. The molecule has 2 rings (SSSR count). The SMILES string of the molecule is Fc1cc(F)c(F)c(NCCC2CCCCC2)c1F. The Morgan fingerprint density at radius 2 is 1.53 bits per heavy atom. The molecule has 1 aliphatic carbocycles. The first kappa shape index (κ1) is 14.2. The van der Waals surface area contributed by atoms with E-state index in [4.69, 9.17) is 0 Å². The van der Waals surface area contributed by atoms with Crippen molar-refractivity contribution in [1.29, 1.82) is 0 Å². The van der Waals surface area contributed by atoms with Gasteiger partial charge in [-0.15, -0.1) is 0 Å². The highest BCUT2D eigenvalue weighted by molar-refractivity contribution is 5.47. The van der Waals surface area contributed by atoms with Crippen molar-refractivity contribution in [1.82, 2.24) is 0 Å². The highest BCUT2D eigenvalue weighted by atomic mass is 19.2. The minimum absolute atomic E-state index is 0.219. The largest absolute Gasteiger partial charge is 0.380 e. The Labute approximate surface area is 110 Å². The van der Waals surface area contributed by atoms with Crippen LogP contribution in [0.5, 0.6) is 0 Å². The predicted octanol–water partition coefficient (Wildman–Crippen LogP) is 4.63. The molecule has 1 aromatic rings. The zero-order chi connectivity index (χ0) is 13.8. The van der Waals surface area contributed by atoms with Gasteiger partial charge in [0, 0.05) is 12.6 Å². The third kappa shape index (κ3) is 3.39. The molecule has 0 saturated heterocycles. The first-order chi connectivity index (χ1) is 9.09. The Morgan fingerprint density at radius 3 is 2.11 bits per heavy atom. The molecule has 0 aliphatic heterocycles. The zero-order valence-corrected chi connectivity index (χ0v) is 10.6. The number of rotatable bonds is 4. The van der Waals surface area contributed by atoms with E-state index in [1.54, 1.807) is 0 Å². The van der Waals surface area contributed by atoms with Gasteiger partial charge in [-0.25, -0.2) is 17.6 Å². The Morgan fingerprint density at radius 1 is 0.947 bits per heavy atom. The normalized spacial score (nSPS) is 16.6. The summed E-state index contributed by atoms with van der Waals surface area (Å²) in [6.45, 7) is 0.321. The second-order valence-electron chi connectivity index (χ2n) is 5.06. The summed E-state index contributed by atoms with van der Waals surface area (Å²) in [5, 5.41) is 2.48. The predicted molar refractivity (Wildman–Crippen MR) is 66.0 cm³/mol. The summed E-state index contributed by atoms with van der Waals surface area (Å²) >= 11 is 0. The molecule has 0 radical (unpaired) electrons. The van der Waals surface area contributed by atoms with Crippen LogP contribution < -0.4 is 5.32 Å². The van der Waals surface area contributed by atoms with E-state index in [0.717, 1.165) is 19.3 Å². The van der Waals surface area contributed by atoms with Gasteiger partial charge >= 0.3 is 0 Å². The topological polar surface area (TPSA) is 12.0 Å². The van der Waals surface area contributed by atoms with Crippen molar-refractivity contribution >= 4 is 5.69 Å². The quantitative estimate of drug-likeness (QED) is 0.624. The molecular weight excluding hydrogens is 258 g/mol. The van der Waals surface area contributed by atoms with Gasteiger partial charge in [0.1, 0.15) is 5.69 Å². The second kappa shape index (κ2) is 6.26. The highest BCUT2D eigenvalue weighted by Crippen LogP contribution is 2.27. The van der Waals surface area contributed by atoms with Crippen molar-refractivity contribution in [3.8, 4) is 0 Å². The Balaban J connectivity index is 1.95. The van der Waals surface area contributed by atoms with Crippen LogP contribution in [0.25, 0.3) is 0 Å². The number of hydrogen-bond acceptors (Lipinski definition) is 1. The maximum Gasteiger partial charge on any atom is 0.185 e. The van der Waals surface area contributed by atoms with E-state index in [9.17, 15) is 17.6 Å². The van der Waals surface area contributed by atoms with Gasteiger partial charge in [-0.3, -0.25) is 0 Å². The number of nitrogens with one attached hydrogen (secondary N) is 1. The van der Waals surface area contributed by atoms with Gasteiger partial charge in [0.25, 0.3) is 0 Å². The molecule has 1 nitrogen and oxygen atoms in total. The van der Waals surface area contributed by atoms with Crippen LogP contribution >= 0.6 is 0 Å². The van der Waals surface area contributed by atoms with E-state index < -0.39 is 29.0 Å². The van der Waals surface area contributed by atoms with E-state index in [2.05, 4.69) is 5.32 Å². The minimum atomic E-state index is -1.38. The van der Waals surface area contributed by atoms with Crippen LogP contribution in [-0.4, -0.2) is 6.54 Å². The molecule has 0 bridgehead atoms. The van der Waals surface area contributed by atoms with Gasteiger partial charge in [-0.1, -0.05) is 32.1 Å². The molecule has 0 aromatic heterocycles. The first-order valence-electron chi connectivity index (χ1n) is 6.66. The number of halogens is 4. The molecule has 1 saturated carbocycles. The summed E-state index contributed by atoms with van der Waals surface area (Å²) in [5.74, 6) is -4.94. The summed E-state index contributed by atoms with van der Waals surface area (Å²) in [5.41, 5.74) is -0.701. The molecule has 1 fully saturated rings. The summed E-state index contributed by atoms with van der Waals surface area (Å²) < 4.78 is 52.7. The van der Waals surface area contributed by atoms with Crippen molar-refractivity contribution in [3.05, 3.63) is 29.3 Å². The van der Waals surface area contributed by atoms with Gasteiger partial charge < -0.3 is 5.32 Å². The molecule has 0 unspecified atom stereocenters. The van der Waals surface area contributed by atoms with Gasteiger partial charge in [-0.05, 0) is 12.3 Å². The lowest BCUT2D eigenvalue weighted by Crippen LogP contribution is -2.14. The molecular formula is C14H17F4N. The van der Waals surface area contributed by atoms with Gasteiger partial charge in [0.05, 0.1) is 0 Å². The molecule has 0 atom stereocenters. The van der Waals surface area contributed by atoms with Gasteiger partial charge in [0.2, 0.25) is 0 Å². The van der Waals surface area contributed by atoms with Crippen molar-refractivity contribution in [2.45, 2.75) is 38.5 Å². The van der Waals surface area contributed by atoms with Crippen molar-refractivity contribution < 1.29 is 17.6 Å². The fourth-order valence-electron chi connectivity index (χ4n) is 2.61. The Hall–Kier alpha value is -1.26. The Bertz CT molecular complexity index is 415. The van der Waals surface area contributed by atoms with Crippen LogP contribution in [0.4, 0.5) is 23.2 Å². The fraction of sp³-hybridized carbons (Fsp3) is 0.571. The lowest BCUT2D eigenvalue weighted by Gasteiger charge is -2.21. The summed E-state index contributed by atoms with van der Waals surface area (Å²) in [6, 6.07) is 0.219. The van der Waals surface area contributed by atoms with Gasteiger partial charge in [0.15, 0.2) is 23.3 Å². The molecule has 0 heterocycles. The number of benzene rings is 1. The average molecular weight is 275 g/mol. The molecule has 5 heteroatoms. The van der Waals surface area contributed by atoms with Crippen LogP contribution in [0.2, 0.25) is 0 Å². The molecule has 0 spiro atoms. The smallest absolute Gasteiger partial charge is 0.185 e. The molecule has 106 valence electrons. The lowest BCUT2D eigenvalue weighted by molar-refractivity contribution is 0.345. The standard InChI is InChI=1S/C14H17F4N/c15-10-8-11(16)13(18)14(12(10)17)19-7-6-9-4-2-1-3-5-9/h8-9,19H,1-7H2. The summed E-state index contributed by atoms with van der Waals surface area (Å²) in [7, 11) is 0. The zero-order valence-electron chi connectivity index (χ0n) is 10.6.